The molecular formula is C25H21F3N4O6PdS. The molecule has 4 aromatic rings. The number of nitro groups is 1. The van der Waals surface area contributed by atoms with Crippen molar-refractivity contribution in [2.45, 2.75) is 18.0 Å². The molecule has 2 N–H and O–H groups in total. The van der Waals surface area contributed by atoms with Crippen molar-refractivity contribution in [2.24, 2.45) is 0 Å². The molecule has 0 aliphatic carbocycles. The zero-order chi connectivity index (χ0) is 29.1. The van der Waals surface area contributed by atoms with Gasteiger partial charge in [0.1, 0.15) is 0 Å². The van der Waals surface area contributed by atoms with Crippen LogP contribution in [0.4, 0.5) is 24.5 Å². The van der Waals surface area contributed by atoms with Crippen LogP contribution in [0, 0.1) is 10.1 Å². The monoisotopic (exact) mass is 668 g/mol. The third kappa shape index (κ3) is 10.9. The first-order valence-corrected chi connectivity index (χ1v) is 12.2. The zero-order valence-electron chi connectivity index (χ0n) is 20.4. The van der Waals surface area contributed by atoms with E-state index in [-0.39, 0.29) is 48.0 Å². The van der Waals surface area contributed by atoms with Gasteiger partial charge in [-0.2, -0.15) is 13.2 Å². The van der Waals surface area contributed by atoms with Crippen LogP contribution in [-0.2, 0) is 41.4 Å². The molecular weight excluding hydrogens is 648 g/mol. The van der Waals surface area contributed by atoms with Crippen molar-refractivity contribution >= 4 is 27.4 Å². The fraction of sp³-hybridized carbons (Fsp3) is 0.0800. The summed E-state index contributed by atoms with van der Waals surface area (Å²) in [6, 6.07) is 18.0. The fourth-order valence-electron chi connectivity index (χ4n) is 2.78. The second-order valence-electron chi connectivity index (χ2n) is 7.38. The van der Waals surface area contributed by atoms with Crippen LogP contribution in [0.3, 0.4) is 0 Å². The normalized spacial score (nSPS) is 10.4. The van der Waals surface area contributed by atoms with Crippen molar-refractivity contribution in [1.29, 1.82) is 0 Å². The van der Waals surface area contributed by atoms with E-state index in [2.05, 4.69) is 14.7 Å². The summed E-state index contributed by atoms with van der Waals surface area (Å²) in [6.45, 7) is 1.08. The predicted molar refractivity (Wildman–Crippen MR) is 136 cm³/mol. The van der Waals surface area contributed by atoms with Gasteiger partial charge in [0.15, 0.2) is 0 Å². The molecule has 2 heterocycles. The summed E-state index contributed by atoms with van der Waals surface area (Å²) < 4.78 is 65.7. The summed E-state index contributed by atoms with van der Waals surface area (Å²) >= 11 is 0. The largest absolute Gasteiger partial charge is 0.481 e. The molecule has 0 aliphatic rings. The molecule has 0 aliphatic heterocycles. The maximum Gasteiger partial charge on any atom is 0.417 e. The van der Waals surface area contributed by atoms with Crippen LogP contribution in [0.25, 0.3) is 11.3 Å². The number of hydrogen-bond acceptors (Lipinski definition) is 7. The summed E-state index contributed by atoms with van der Waals surface area (Å²) in [4.78, 5) is 26.4. The average molecular weight is 669 g/mol. The van der Waals surface area contributed by atoms with Gasteiger partial charge < -0.3 is 5.11 Å². The first-order chi connectivity index (χ1) is 18.3. The number of alkyl halides is 3. The molecule has 0 atom stereocenters. The van der Waals surface area contributed by atoms with Gasteiger partial charge in [-0.15, -0.1) is 0 Å². The Balaban J connectivity index is 0.000000616. The maximum absolute atomic E-state index is 12.7. The Labute approximate surface area is 240 Å². The fourth-order valence-corrected chi connectivity index (χ4v) is 3.86. The average Bonchev–Trinajstić information content (AvgIpc) is 2.89. The number of carboxylic acids is 1. The number of rotatable bonds is 5. The number of benzene rings is 2. The Morgan fingerprint density at radius 3 is 1.95 bits per heavy atom. The number of aliphatic carboxylic acids is 1. The number of aromatic nitrogens is 2. The van der Waals surface area contributed by atoms with Gasteiger partial charge in [0.2, 0.25) is 0 Å². The minimum absolute atomic E-state index is 0. The molecule has 0 fully saturated rings. The zero-order valence-corrected chi connectivity index (χ0v) is 22.8. The number of non-ortho nitro benzene ring substituents is 1. The summed E-state index contributed by atoms with van der Waals surface area (Å²) in [7, 11) is -4.10. The van der Waals surface area contributed by atoms with Gasteiger partial charge in [-0.05, 0) is 42.5 Å². The van der Waals surface area contributed by atoms with Crippen LogP contribution < -0.4 is 4.72 Å². The number of carboxylic acid groups (broad SMARTS) is 1. The van der Waals surface area contributed by atoms with E-state index < -0.39 is 32.7 Å². The number of anilines is 1. The smallest absolute Gasteiger partial charge is 0.417 e. The molecule has 40 heavy (non-hydrogen) atoms. The molecule has 0 amide bonds. The molecule has 214 valence electrons. The number of halogens is 3. The van der Waals surface area contributed by atoms with Crippen molar-refractivity contribution in [3.63, 3.8) is 0 Å². The van der Waals surface area contributed by atoms with Crippen LogP contribution in [0.2, 0.25) is 0 Å². The van der Waals surface area contributed by atoms with Gasteiger partial charge >= 0.3 is 6.18 Å². The third-order valence-electron chi connectivity index (χ3n) is 4.46. The molecule has 10 nitrogen and oxygen atoms in total. The van der Waals surface area contributed by atoms with Crippen molar-refractivity contribution in [1.82, 2.24) is 9.97 Å². The summed E-state index contributed by atoms with van der Waals surface area (Å²) in [6.07, 6.45) is -0.375. The summed E-state index contributed by atoms with van der Waals surface area (Å²) in [5.41, 5.74) is -0.687. The van der Waals surface area contributed by atoms with Crippen molar-refractivity contribution in [3.05, 3.63) is 113 Å². The predicted octanol–water partition coefficient (Wildman–Crippen LogP) is 5.65. The SMILES string of the molecule is CC(=O)O.O=[N+]([O-])c1ccc(S(=O)(=O)Nc2ccccc2-c2ccc(C(F)(F)F)cn2)cc1.[Pd].c1ccncc1. The topological polar surface area (TPSA) is 152 Å². The van der Waals surface area contributed by atoms with Crippen molar-refractivity contribution in [2.75, 3.05) is 4.72 Å². The molecule has 0 radical (unpaired) electrons. The Bertz CT molecular complexity index is 1460. The van der Waals surface area contributed by atoms with Gasteiger partial charge in [-0.25, -0.2) is 8.42 Å². The van der Waals surface area contributed by atoms with Gasteiger partial charge in [-0.1, -0.05) is 24.3 Å². The van der Waals surface area contributed by atoms with Gasteiger partial charge in [-0.3, -0.25) is 29.6 Å². The second-order valence-corrected chi connectivity index (χ2v) is 9.06. The van der Waals surface area contributed by atoms with Crippen molar-refractivity contribution < 1.29 is 56.8 Å². The molecule has 0 saturated carbocycles. The first-order valence-electron chi connectivity index (χ1n) is 10.8. The van der Waals surface area contributed by atoms with Crippen LogP contribution in [0.5, 0.6) is 0 Å². The first kappa shape index (κ1) is 33.8. The van der Waals surface area contributed by atoms with E-state index in [4.69, 9.17) is 9.90 Å². The molecule has 2 aromatic heterocycles. The number of nitro benzene ring substituents is 1. The standard InChI is InChI=1S/C18H12F3N3O4S.C5H5N.C2H4O2.Pd/c19-18(20,21)12-5-10-16(22-11-12)15-3-1-2-4-17(15)23-29(27,28)14-8-6-13(7-9-14)24(25)26;1-2-4-6-5-3-1;1-2(3)4;/h1-11,23H;1-5H;1H3,(H,3,4);. The number of carbonyl (C=O) groups is 1. The molecule has 2 aromatic carbocycles. The number of pyridine rings is 2. The molecule has 0 unspecified atom stereocenters. The van der Waals surface area contributed by atoms with E-state index in [1.54, 1.807) is 24.5 Å². The van der Waals surface area contributed by atoms with Crippen LogP contribution in [-0.4, -0.2) is 34.4 Å². The van der Waals surface area contributed by atoms with Crippen LogP contribution >= 0.6 is 0 Å². The van der Waals surface area contributed by atoms with Gasteiger partial charge in [0.05, 0.1) is 26.8 Å². The molecule has 4 rings (SSSR count). The van der Waals surface area contributed by atoms with Crippen molar-refractivity contribution in [3.8, 4) is 11.3 Å². The van der Waals surface area contributed by atoms with Gasteiger partial charge in [0.25, 0.3) is 21.7 Å². The number of nitrogens with one attached hydrogen (secondary N) is 1. The number of nitrogens with zero attached hydrogens (tertiary/aromatic N) is 3. The van der Waals surface area contributed by atoms with E-state index >= 15 is 0 Å². The second kappa shape index (κ2) is 15.4. The molecule has 15 heteroatoms. The Kier molecular flexibility index (Phi) is 13.0. The maximum atomic E-state index is 12.7. The summed E-state index contributed by atoms with van der Waals surface area (Å²) in [5, 5.41) is 18.1. The Hall–Kier alpha value is -4.19. The van der Waals surface area contributed by atoms with E-state index in [1.807, 2.05) is 18.2 Å². The van der Waals surface area contributed by atoms with E-state index in [9.17, 15) is 31.7 Å². The van der Waals surface area contributed by atoms with E-state index in [0.717, 1.165) is 43.3 Å². The quantitative estimate of drug-likeness (QED) is 0.157. The Morgan fingerprint density at radius 1 is 0.950 bits per heavy atom. The molecule has 0 spiro atoms. The van der Waals surface area contributed by atoms with Crippen LogP contribution in [0.1, 0.15) is 12.5 Å². The van der Waals surface area contributed by atoms with Gasteiger partial charge in [0, 0.05) is 63.6 Å². The minimum atomic E-state index is -4.54. The van der Waals surface area contributed by atoms with Crippen LogP contribution in [0.15, 0.2) is 102 Å². The summed E-state index contributed by atoms with van der Waals surface area (Å²) in [5.74, 6) is -0.833. The minimum Gasteiger partial charge on any atom is -0.481 e. The third-order valence-corrected chi connectivity index (χ3v) is 5.84. The van der Waals surface area contributed by atoms with E-state index in [0.29, 0.717) is 6.20 Å². The number of hydrogen-bond donors (Lipinski definition) is 2. The van der Waals surface area contributed by atoms with E-state index in [1.165, 1.54) is 12.1 Å². The number of para-hydroxylation sites is 1. The number of sulfonamides is 1. The molecule has 0 bridgehead atoms. The Morgan fingerprint density at radius 2 is 1.52 bits per heavy atom. The molecule has 0 saturated heterocycles.